The third-order valence-corrected chi connectivity index (χ3v) is 7.00. The first-order valence-corrected chi connectivity index (χ1v) is 11.3. The van der Waals surface area contributed by atoms with Crippen LogP contribution in [0.4, 0.5) is 4.79 Å². The van der Waals surface area contributed by atoms with Crippen LogP contribution in [0.15, 0.2) is 54.6 Å². The molecule has 0 radical (unpaired) electrons. The van der Waals surface area contributed by atoms with Crippen LogP contribution in [0.3, 0.4) is 0 Å². The Bertz CT molecular complexity index is 1290. The van der Waals surface area contributed by atoms with Gasteiger partial charge in [0.2, 0.25) is 0 Å². The molecule has 1 fully saturated rings. The van der Waals surface area contributed by atoms with Crippen molar-refractivity contribution >= 4 is 17.7 Å². The van der Waals surface area contributed by atoms with Gasteiger partial charge >= 0.3 is 6.03 Å². The lowest BCUT2D eigenvalue weighted by Gasteiger charge is -2.23. The van der Waals surface area contributed by atoms with Crippen molar-refractivity contribution in [2.24, 2.45) is 0 Å². The molecule has 2 heterocycles. The summed E-state index contributed by atoms with van der Waals surface area (Å²) in [6.45, 7) is 5.25. The minimum Gasteiger partial charge on any atom is -0.319 e. The first kappa shape index (κ1) is 21.2. The van der Waals surface area contributed by atoms with Crippen molar-refractivity contribution in [2.45, 2.75) is 45.6 Å². The van der Waals surface area contributed by atoms with Gasteiger partial charge in [-0.1, -0.05) is 36.4 Å². The number of nitrogens with one attached hydrogen (secondary N) is 1. The molecule has 0 saturated carbocycles. The fourth-order valence-corrected chi connectivity index (χ4v) is 5.17. The Morgan fingerprint density at radius 3 is 2.48 bits per heavy atom. The van der Waals surface area contributed by atoms with Crippen molar-refractivity contribution in [1.29, 1.82) is 0 Å². The third kappa shape index (κ3) is 3.37. The average molecular weight is 442 g/mol. The highest BCUT2D eigenvalue weighted by Crippen LogP contribution is 2.33. The number of benzene rings is 2. The summed E-state index contributed by atoms with van der Waals surface area (Å²) in [5.41, 5.74) is 5.32. The summed E-state index contributed by atoms with van der Waals surface area (Å²) in [7, 11) is 0. The van der Waals surface area contributed by atoms with E-state index in [4.69, 9.17) is 0 Å². The SMILES string of the molecule is Cc1cc(C(=O)CN2C(=O)N[C@@](C)(c3ccc4c(c3)CCC4)C2=O)c(C)n1-c1ccccc1. The monoisotopic (exact) mass is 441 g/mol. The number of carbonyl (C=O) groups is 3. The van der Waals surface area contributed by atoms with Crippen LogP contribution < -0.4 is 5.32 Å². The second-order valence-electron chi connectivity index (χ2n) is 9.16. The largest absolute Gasteiger partial charge is 0.325 e. The summed E-state index contributed by atoms with van der Waals surface area (Å²) in [6.07, 6.45) is 3.15. The number of nitrogens with zero attached hydrogens (tertiary/aromatic N) is 2. The number of aryl methyl sites for hydroxylation is 3. The number of fused-ring (bicyclic) bond motifs is 1. The van der Waals surface area contributed by atoms with Crippen LogP contribution in [0, 0.1) is 13.8 Å². The number of amides is 3. The van der Waals surface area contributed by atoms with Crippen LogP contribution in [0.1, 0.15) is 51.8 Å². The third-order valence-electron chi connectivity index (χ3n) is 7.00. The second kappa shape index (κ2) is 7.73. The van der Waals surface area contributed by atoms with Crippen molar-refractivity contribution in [1.82, 2.24) is 14.8 Å². The van der Waals surface area contributed by atoms with E-state index >= 15 is 0 Å². The van der Waals surface area contributed by atoms with Gasteiger partial charge in [-0.05, 0) is 74.9 Å². The van der Waals surface area contributed by atoms with Crippen LogP contribution in [0.25, 0.3) is 5.69 Å². The summed E-state index contributed by atoms with van der Waals surface area (Å²) in [6, 6.07) is 17.1. The van der Waals surface area contributed by atoms with Gasteiger partial charge in [0.25, 0.3) is 5.91 Å². The summed E-state index contributed by atoms with van der Waals surface area (Å²) in [4.78, 5) is 40.4. The van der Waals surface area contributed by atoms with E-state index in [2.05, 4.69) is 11.4 Å². The molecular formula is C27H27N3O3. The maximum absolute atomic E-state index is 13.4. The Kier molecular flexibility index (Phi) is 4.96. The lowest BCUT2D eigenvalue weighted by Crippen LogP contribution is -2.41. The molecule has 2 aliphatic rings. The lowest BCUT2D eigenvalue weighted by atomic mass is 9.89. The van der Waals surface area contributed by atoms with Gasteiger partial charge in [-0.3, -0.25) is 14.5 Å². The van der Waals surface area contributed by atoms with E-state index in [-0.39, 0.29) is 12.3 Å². The van der Waals surface area contributed by atoms with Gasteiger partial charge < -0.3 is 9.88 Å². The van der Waals surface area contributed by atoms with Gasteiger partial charge in [0.05, 0.1) is 6.54 Å². The Morgan fingerprint density at radius 2 is 1.73 bits per heavy atom. The van der Waals surface area contributed by atoms with E-state index in [1.54, 1.807) is 6.92 Å². The molecule has 33 heavy (non-hydrogen) atoms. The molecule has 5 rings (SSSR count). The maximum atomic E-state index is 13.4. The number of rotatable bonds is 5. The van der Waals surface area contributed by atoms with Gasteiger partial charge in [0, 0.05) is 22.6 Å². The predicted octanol–water partition coefficient (Wildman–Crippen LogP) is 4.23. The van der Waals surface area contributed by atoms with Gasteiger partial charge in [0.1, 0.15) is 5.54 Å². The number of para-hydroxylation sites is 1. The first-order valence-electron chi connectivity index (χ1n) is 11.3. The molecule has 0 bridgehead atoms. The molecule has 168 valence electrons. The van der Waals surface area contributed by atoms with Crippen molar-refractivity contribution in [2.75, 3.05) is 6.54 Å². The lowest BCUT2D eigenvalue weighted by molar-refractivity contribution is -0.130. The Hall–Kier alpha value is -3.67. The number of hydrogen-bond donors (Lipinski definition) is 1. The quantitative estimate of drug-likeness (QED) is 0.476. The number of imide groups is 1. The number of urea groups is 1. The van der Waals surface area contributed by atoms with E-state index < -0.39 is 17.5 Å². The molecule has 6 heteroatoms. The average Bonchev–Trinajstić information content (AvgIpc) is 3.45. The zero-order valence-electron chi connectivity index (χ0n) is 19.1. The van der Waals surface area contributed by atoms with E-state index in [0.717, 1.165) is 46.8 Å². The molecule has 0 unspecified atom stereocenters. The fourth-order valence-electron chi connectivity index (χ4n) is 5.17. The van der Waals surface area contributed by atoms with Gasteiger partial charge in [-0.15, -0.1) is 0 Å². The molecule has 1 N–H and O–H groups in total. The number of Topliss-reactive ketones (excluding diaryl/α,β-unsaturated/α-hetero) is 1. The topological polar surface area (TPSA) is 71.4 Å². The van der Waals surface area contributed by atoms with Crippen LogP contribution >= 0.6 is 0 Å². The standard InChI is InChI=1S/C27H27N3O3/c1-17-14-23(18(2)30(17)22-10-5-4-6-11-22)24(31)16-29-25(32)27(3,28-26(29)33)21-13-12-19-8-7-9-20(19)15-21/h4-6,10-15H,7-9,16H2,1-3H3,(H,28,33)/t27-/m0/s1. The molecule has 1 aliphatic heterocycles. The van der Waals surface area contributed by atoms with Gasteiger partial charge in [-0.2, -0.15) is 0 Å². The van der Waals surface area contributed by atoms with Crippen molar-refractivity contribution in [3.8, 4) is 5.69 Å². The zero-order chi connectivity index (χ0) is 23.3. The first-order chi connectivity index (χ1) is 15.8. The number of hydrogen-bond acceptors (Lipinski definition) is 3. The summed E-state index contributed by atoms with van der Waals surface area (Å²) < 4.78 is 2.01. The van der Waals surface area contributed by atoms with E-state index in [9.17, 15) is 14.4 Å². The molecule has 3 amide bonds. The minimum atomic E-state index is -1.17. The maximum Gasteiger partial charge on any atom is 0.325 e. The van der Waals surface area contributed by atoms with Crippen LogP contribution in [-0.4, -0.2) is 33.7 Å². The number of carbonyl (C=O) groups excluding carboxylic acids is 3. The molecule has 2 aromatic carbocycles. The molecule has 1 atom stereocenters. The fraction of sp³-hybridized carbons (Fsp3) is 0.296. The van der Waals surface area contributed by atoms with Crippen molar-refractivity contribution < 1.29 is 14.4 Å². The van der Waals surface area contributed by atoms with E-state index in [0.29, 0.717) is 5.56 Å². The van der Waals surface area contributed by atoms with Crippen molar-refractivity contribution in [3.63, 3.8) is 0 Å². The predicted molar refractivity (Wildman–Crippen MR) is 126 cm³/mol. The van der Waals surface area contributed by atoms with Crippen LogP contribution in [0.5, 0.6) is 0 Å². The smallest absolute Gasteiger partial charge is 0.319 e. The Labute approximate surface area is 193 Å². The second-order valence-corrected chi connectivity index (χ2v) is 9.16. The Morgan fingerprint density at radius 1 is 1.00 bits per heavy atom. The van der Waals surface area contributed by atoms with E-state index in [1.807, 2.05) is 66.9 Å². The molecule has 3 aromatic rings. The Balaban J connectivity index is 1.41. The highest BCUT2D eigenvalue weighted by atomic mass is 16.2. The minimum absolute atomic E-state index is 0.257. The van der Waals surface area contributed by atoms with Gasteiger partial charge in [-0.25, -0.2) is 4.79 Å². The zero-order valence-corrected chi connectivity index (χ0v) is 19.1. The molecule has 1 aromatic heterocycles. The normalized spacial score (nSPS) is 19.7. The molecular weight excluding hydrogens is 414 g/mol. The number of aromatic nitrogens is 1. The summed E-state index contributed by atoms with van der Waals surface area (Å²) in [5.74, 6) is -0.650. The molecule has 0 spiro atoms. The van der Waals surface area contributed by atoms with Crippen LogP contribution in [-0.2, 0) is 23.2 Å². The summed E-state index contributed by atoms with van der Waals surface area (Å²) >= 11 is 0. The highest BCUT2D eigenvalue weighted by molar-refractivity contribution is 6.11. The van der Waals surface area contributed by atoms with Gasteiger partial charge in [0.15, 0.2) is 5.78 Å². The molecule has 1 aliphatic carbocycles. The van der Waals surface area contributed by atoms with E-state index in [1.165, 1.54) is 11.1 Å². The van der Waals surface area contributed by atoms with Crippen LogP contribution in [0.2, 0.25) is 0 Å². The molecule has 1 saturated heterocycles. The van der Waals surface area contributed by atoms with Crippen molar-refractivity contribution in [3.05, 3.63) is 88.2 Å². The highest BCUT2D eigenvalue weighted by Gasteiger charge is 2.49. The molecule has 6 nitrogen and oxygen atoms in total. The number of ketones is 1. The summed E-state index contributed by atoms with van der Waals surface area (Å²) in [5, 5.41) is 2.83.